The van der Waals surface area contributed by atoms with Crippen LogP contribution in [0.3, 0.4) is 0 Å². The standard InChI is InChI=1S/C14H10BrNO4/c1-2-19-13(17)12-11-5-3-8-7-9(15)4-6-10(8)16(11)20-14(12)18/h3-7H,2H2,1H3. The van der Waals surface area contributed by atoms with Crippen molar-refractivity contribution in [3.05, 3.63) is 50.8 Å². The van der Waals surface area contributed by atoms with Crippen molar-refractivity contribution in [2.24, 2.45) is 0 Å². The number of fused-ring (bicyclic) bond motifs is 3. The van der Waals surface area contributed by atoms with Crippen LogP contribution in [-0.4, -0.2) is 17.1 Å². The fourth-order valence-corrected chi connectivity index (χ4v) is 2.50. The van der Waals surface area contributed by atoms with Crippen molar-refractivity contribution < 1.29 is 14.1 Å². The molecule has 0 atom stereocenters. The van der Waals surface area contributed by atoms with E-state index in [0.717, 1.165) is 9.86 Å². The minimum absolute atomic E-state index is 0.0725. The van der Waals surface area contributed by atoms with Gasteiger partial charge in [0.2, 0.25) is 0 Å². The zero-order valence-electron chi connectivity index (χ0n) is 10.6. The number of pyridine rings is 1. The van der Waals surface area contributed by atoms with Crippen molar-refractivity contribution in [2.45, 2.75) is 6.92 Å². The maximum Gasteiger partial charge on any atom is 0.373 e. The van der Waals surface area contributed by atoms with Gasteiger partial charge in [0.15, 0.2) is 5.56 Å². The Balaban J connectivity index is 2.35. The van der Waals surface area contributed by atoms with Crippen LogP contribution in [-0.2, 0) is 4.74 Å². The Morgan fingerprint density at radius 1 is 1.30 bits per heavy atom. The smallest absolute Gasteiger partial charge is 0.373 e. The molecular formula is C14H10BrNO4. The number of benzene rings is 1. The lowest BCUT2D eigenvalue weighted by Gasteiger charge is -2.02. The molecule has 3 aromatic rings. The lowest BCUT2D eigenvalue weighted by molar-refractivity contribution is 0.0525. The maximum absolute atomic E-state index is 11.9. The van der Waals surface area contributed by atoms with Gasteiger partial charge < -0.3 is 9.26 Å². The predicted molar refractivity (Wildman–Crippen MR) is 77.1 cm³/mol. The van der Waals surface area contributed by atoms with Gasteiger partial charge in [-0.25, -0.2) is 9.59 Å². The molecule has 5 nitrogen and oxygen atoms in total. The average molecular weight is 336 g/mol. The number of hydrogen-bond acceptors (Lipinski definition) is 4. The van der Waals surface area contributed by atoms with Crippen LogP contribution in [0.1, 0.15) is 17.3 Å². The monoisotopic (exact) mass is 335 g/mol. The number of rotatable bonds is 2. The molecule has 2 heterocycles. The van der Waals surface area contributed by atoms with E-state index in [0.29, 0.717) is 11.0 Å². The second kappa shape index (κ2) is 4.79. The van der Waals surface area contributed by atoms with Crippen molar-refractivity contribution in [3.8, 4) is 0 Å². The quantitative estimate of drug-likeness (QED) is 0.675. The first-order valence-corrected chi connectivity index (χ1v) is 6.82. The molecule has 0 spiro atoms. The number of carbonyl (C=O) groups excluding carboxylic acids is 1. The summed E-state index contributed by atoms with van der Waals surface area (Å²) in [6, 6.07) is 9.05. The fraction of sp³-hybridized carbons (Fsp3) is 0.143. The molecule has 0 radical (unpaired) electrons. The van der Waals surface area contributed by atoms with E-state index in [1.54, 1.807) is 13.0 Å². The normalized spacial score (nSPS) is 11.1. The summed E-state index contributed by atoms with van der Waals surface area (Å²) < 4.78 is 12.3. The molecule has 0 aliphatic heterocycles. The molecule has 0 saturated heterocycles. The van der Waals surface area contributed by atoms with E-state index in [1.807, 2.05) is 24.3 Å². The van der Waals surface area contributed by atoms with Gasteiger partial charge in [-0.2, -0.15) is 4.57 Å². The minimum Gasteiger partial charge on any atom is -0.462 e. The van der Waals surface area contributed by atoms with E-state index in [2.05, 4.69) is 15.9 Å². The van der Waals surface area contributed by atoms with E-state index in [1.165, 1.54) is 4.57 Å². The van der Waals surface area contributed by atoms with Gasteiger partial charge in [0.1, 0.15) is 5.52 Å². The van der Waals surface area contributed by atoms with Crippen LogP contribution in [0.2, 0.25) is 0 Å². The highest BCUT2D eigenvalue weighted by Crippen LogP contribution is 2.22. The molecule has 0 fully saturated rings. The largest absolute Gasteiger partial charge is 0.462 e. The highest BCUT2D eigenvalue weighted by atomic mass is 79.9. The summed E-state index contributed by atoms with van der Waals surface area (Å²) in [4.78, 5) is 23.7. The number of esters is 1. The van der Waals surface area contributed by atoms with E-state index in [-0.39, 0.29) is 12.2 Å². The highest BCUT2D eigenvalue weighted by Gasteiger charge is 2.21. The summed E-state index contributed by atoms with van der Waals surface area (Å²) in [6.07, 6.45) is 0. The first-order valence-electron chi connectivity index (χ1n) is 6.03. The van der Waals surface area contributed by atoms with Crippen LogP contribution in [0.4, 0.5) is 0 Å². The van der Waals surface area contributed by atoms with Crippen LogP contribution in [0, 0.1) is 0 Å². The summed E-state index contributed by atoms with van der Waals surface area (Å²) in [5, 5.41) is 0.890. The Hall–Kier alpha value is -2.08. The Labute approximate surface area is 121 Å². The number of aromatic nitrogens is 1. The first kappa shape index (κ1) is 12.9. The maximum atomic E-state index is 11.9. The molecule has 0 amide bonds. The number of carbonyl (C=O) groups is 1. The zero-order chi connectivity index (χ0) is 14.3. The molecule has 0 unspecified atom stereocenters. The first-order chi connectivity index (χ1) is 9.61. The molecule has 6 heteroatoms. The Kier molecular flexibility index (Phi) is 3.10. The van der Waals surface area contributed by atoms with Gasteiger partial charge >= 0.3 is 11.6 Å². The Bertz CT molecular complexity index is 878. The summed E-state index contributed by atoms with van der Waals surface area (Å²) >= 11 is 3.38. The Morgan fingerprint density at radius 3 is 2.80 bits per heavy atom. The molecule has 0 bridgehead atoms. The van der Waals surface area contributed by atoms with Crippen LogP contribution in [0.15, 0.2) is 44.1 Å². The third-order valence-electron chi connectivity index (χ3n) is 2.96. The second-order valence-electron chi connectivity index (χ2n) is 4.19. The summed E-state index contributed by atoms with van der Waals surface area (Å²) in [6.45, 7) is 1.89. The van der Waals surface area contributed by atoms with Crippen LogP contribution in [0.5, 0.6) is 0 Å². The van der Waals surface area contributed by atoms with Gasteiger partial charge in [-0.15, -0.1) is 0 Å². The fourth-order valence-electron chi connectivity index (χ4n) is 2.12. The molecule has 0 aliphatic carbocycles. The number of halogens is 1. The zero-order valence-corrected chi connectivity index (χ0v) is 12.1. The van der Waals surface area contributed by atoms with E-state index in [9.17, 15) is 9.59 Å². The van der Waals surface area contributed by atoms with Crippen molar-refractivity contribution in [3.63, 3.8) is 0 Å². The lowest BCUT2D eigenvalue weighted by Crippen LogP contribution is -2.13. The topological polar surface area (TPSA) is 60.9 Å². The van der Waals surface area contributed by atoms with Gasteiger partial charge in [0, 0.05) is 9.86 Å². The van der Waals surface area contributed by atoms with Crippen LogP contribution >= 0.6 is 15.9 Å². The van der Waals surface area contributed by atoms with Gasteiger partial charge in [0.05, 0.1) is 12.1 Å². The number of nitrogens with zero attached hydrogens (tertiary/aromatic N) is 1. The van der Waals surface area contributed by atoms with E-state index in [4.69, 9.17) is 9.26 Å². The molecule has 0 N–H and O–H groups in total. The molecule has 0 saturated carbocycles. The number of hydrogen-bond donors (Lipinski definition) is 0. The molecule has 20 heavy (non-hydrogen) atoms. The summed E-state index contributed by atoms with van der Waals surface area (Å²) in [7, 11) is 0. The van der Waals surface area contributed by atoms with Gasteiger partial charge in [-0.1, -0.05) is 22.0 Å². The predicted octanol–water partition coefficient (Wildman–Crippen LogP) is 2.98. The third-order valence-corrected chi connectivity index (χ3v) is 3.46. The van der Waals surface area contributed by atoms with Gasteiger partial charge in [-0.05, 0) is 31.2 Å². The van der Waals surface area contributed by atoms with Crippen molar-refractivity contribution in [1.29, 1.82) is 0 Å². The van der Waals surface area contributed by atoms with Crippen molar-refractivity contribution in [2.75, 3.05) is 6.61 Å². The molecule has 1 aromatic carbocycles. The van der Waals surface area contributed by atoms with Gasteiger partial charge in [-0.3, -0.25) is 0 Å². The molecule has 2 aromatic heterocycles. The van der Waals surface area contributed by atoms with Crippen LogP contribution < -0.4 is 5.63 Å². The number of ether oxygens (including phenoxy) is 1. The van der Waals surface area contributed by atoms with Crippen LogP contribution in [0.25, 0.3) is 16.4 Å². The highest BCUT2D eigenvalue weighted by molar-refractivity contribution is 9.10. The van der Waals surface area contributed by atoms with Crippen molar-refractivity contribution in [1.82, 2.24) is 4.57 Å². The molecule has 3 rings (SSSR count). The summed E-state index contributed by atoms with van der Waals surface area (Å²) in [5.74, 6) is -0.666. The Morgan fingerprint density at radius 2 is 2.05 bits per heavy atom. The molecule has 102 valence electrons. The van der Waals surface area contributed by atoms with E-state index < -0.39 is 11.6 Å². The molecule has 0 aliphatic rings. The second-order valence-corrected chi connectivity index (χ2v) is 5.11. The SMILES string of the molecule is CCOC(=O)c1c(=O)on2c1ccc1cc(Br)ccc12. The van der Waals surface area contributed by atoms with Crippen molar-refractivity contribution >= 4 is 38.3 Å². The van der Waals surface area contributed by atoms with Gasteiger partial charge in [0.25, 0.3) is 0 Å². The third kappa shape index (κ3) is 1.92. The molecular weight excluding hydrogens is 326 g/mol. The minimum atomic E-state index is -0.695. The van der Waals surface area contributed by atoms with E-state index >= 15 is 0 Å². The summed E-state index contributed by atoms with van der Waals surface area (Å²) in [5.41, 5.74) is 0.345. The average Bonchev–Trinajstić information content (AvgIpc) is 2.75. The lowest BCUT2D eigenvalue weighted by atomic mass is 10.2.